The van der Waals surface area contributed by atoms with Crippen LogP contribution in [0.4, 0.5) is 5.69 Å². The van der Waals surface area contributed by atoms with Gasteiger partial charge in [-0.25, -0.2) is 0 Å². The predicted molar refractivity (Wildman–Crippen MR) is 86.1 cm³/mol. The second-order valence-electron chi connectivity index (χ2n) is 5.29. The lowest BCUT2D eigenvalue weighted by Crippen LogP contribution is -2.17. The molecule has 0 spiro atoms. The van der Waals surface area contributed by atoms with E-state index in [9.17, 15) is 4.79 Å². The van der Waals surface area contributed by atoms with Gasteiger partial charge in [0, 0.05) is 12.2 Å². The summed E-state index contributed by atoms with van der Waals surface area (Å²) in [5, 5.41) is 7.53. The molecule has 1 aromatic carbocycles. The largest absolute Gasteiger partial charge is 0.321 e. The van der Waals surface area contributed by atoms with E-state index in [4.69, 9.17) is 11.6 Å². The molecule has 0 unspecified atom stereocenters. The second kappa shape index (κ2) is 6.31. The normalized spacial score (nSPS) is 11.0. The van der Waals surface area contributed by atoms with Gasteiger partial charge in [-0.2, -0.15) is 5.10 Å². The summed E-state index contributed by atoms with van der Waals surface area (Å²) < 4.78 is 1.62. The van der Waals surface area contributed by atoms with Gasteiger partial charge in [0.25, 0.3) is 5.91 Å². The third-order valence-electron chi connectivity index (χ3n) is 3.40. The number of hydrogen-bond donors (Lipinski definition) is 1. The Morgan fingerprint density at radius 1 is 1.33 bits per heavy atom. The van der Waals surface area contributed by atoms with Crippen molar-refractivity contribution in [3.8, 4) is 0 Å². The number of rotatable bonds is 4. The maximum Gasteiger partial charge on any atom is 0.275 e. The smallest absolute Gasteiger partial charge is 0.275 e. The molecule has 112 valence electrons. The Morgan fingerprint density at radius 3 is 2.48 bits per heavy atom. The van der Waals surface area contributed by atoms with Gasteiger partial charge in [0.1, 0.15) is 5.69 Å². The fraction of sp³-hybridized carbons (Fsp3) is 0.375. The van der Waals surface area contributed by atoms with Crippen molar-refractivity contribution < 1.29 is 4.79 Å². The first-order valence-electron chi connectivity index (χ1n) is 7.08. The van der Waals surface area contributed by atoms with Gasteiger partial charge in [-0.3, -0.25) is 9.48 Å². The topological polar surface area (TPSA) is 46.9 Å². The van der Waals surface area contributed by atoms with Crippen LogP contribution in [0.3, 0.4) is 0 Å². The number of hydrogen-bond acceptors (Lipinski definition) is 2. The van der Waals surface area contributed by atoms with Crippen molar-refractivity contribution in [3.05, 3.63) is 46.2 Å². The standard InChI is InChI=1S/C16H20ClN3O/c1-5-20-15(14(17)11(4)19-20)16(21)18-13-8-6-12(7-9-13)10(2)3/h6-10H,5H2,1-4H3,(H,18,21). The van der Waals surface area contributed by atoms with Crippen LogP contribution in [-0.2, 0) is 6.54 Å². The van der Waals surface area contributed by atoms with Crippen molar-refractivity contribution in [2.24, 2.45) is 0 Å². The van der Waals surface area contributed by atoms with Crippen molar-refractivity contribution >= 4 is 23.2 Å². The minimum Gasteiger partial charge on any atom is -0.321 e. The molecule has 5 heteroatoms. The third kappa shape index (κ3) is 3.27. The Labute approximate surface area is 130 Å². The molecular weight excluding hydrogens is 286 g/mol. The van der Waals surface area contributed by atoms with Gasteiger partial charge in [0.05, 0.1) is 10.7 Å². The summed E-state index contributed by atoms with van der Waals surface area (Å²) in [5.41, 5.74) is 3.06. The molecule has 0 saturated heterocycles. The highest BCUT2D eigenvalue weighted by Gasteiger charge is 2.19. The summed E-state index contributed by atoms with van der Waals surface area (Å²) in [5.74, 6) is 0.230. The molecule has 2 aromatic rings. The first-order chi connectivity index (χ1) is 9.93. The average Bonchev–Trinajstić information content (AvgIpc) is 2.74. The maximum absolute atomic E-state index is 12.4. The van der Waals surface area contributed by atoms with Gasteiger partial charge in [0.2, 0.25) is 0 Å². The zero-order chi connectivity index (χ0) is 15.6. The molecule has 1 aromatic heterocycles. The molecule has 4 nitrogen and oxygen atoms in total. The summed E-state index contributed by atoms with van der Waals surface area (Å²) in [6.45, 7) is 8.59. The van der Waals surface area contributed by atoms with Crippen molar-refractivity contribution in [1.29, 1.82) is 0 Å². The van der Waals surface area contributed by atoms with Crippen LogP contribution >= 0.6 is 11.6 Å². The Kier molecular flexibility index (Phi) is 4.68. The highest BCUT2D eigenvalue weighted by molar-refractivity contribution is 6.34. The highest BCUT2D eigenvalue weighted by atomic mass is 35.5. The van der Waals surface area contributed by atoms with Crippen molar-refractivity contribution in [1.82, 2.24) is 9.78 Å². The molecule has 0 aliphatic rings. The van der Waals surface area contributed by atoms with Gasteiger partial charge < -0.3 is 5.32 Å². The van der Waals surface area contributed by atoms with Crippen LogP contribution < -0.4 is 5.32 Å². The van der Waals surface area contributed by atoms with E-state index in [0.717, 1.165) is 5.69 Å². The van der Waals surface area contributed by atoms with Gasteiger partial charge in [-0.1, -0.05) is 37.6 Å². The van der Waals surface area contributed by atoms with E-state index in [-0.39, 0.29) is 5.91 Å². The SMILES string of the molecule is CCn1nc(C)c(Cl)c1C(=O)Nc1ccc(C(C)C)cc1. The number of benzene rings is 1. The van der Waals surface area contributed by atoms with E-state index in [1.165, 1.54) is 5.56 Å². The summed E-state index contributed by atoms with van der Waals surface area (Å²) in [6.07, 6.45) is 0. The van der Waals surface area contributed by atoms with Gasteiger partial charge in [-0.05, 0) is 37.5 Å². The van der Waals surface area contributed by atoms with Crippen LogP contribution in [0.1, 0.15) is 48.4 Å². The molecule has 1 N–H and O–H groups in total. The Bertz CT molecular complexity index is 644. The van der Waals surface area contributed by atoms with Crippen LogP contribution in [-0.4, -0.2) is 15.7 Å². The molecule has 0 fully saturated rings. The number of amides is 1. The Hall–Kier alpha value is -1.81. The van der Waals surface area contributed by atoms with E-state index in [0.29, 0.717) is 28.9 Å². The van der Waals surface area contributed by atoms with Crippen molar-refractivity contribution in [3.63, 3.8) is 0 Å². The van der Waals surface area contributed by atoms with Crippen LogP contribution in [0, 0.1) is 6.92 Å². The number of carbonyl (C=O) groups is 1. The summed E-state index contributed by atoms with van der Waals surface area (Å²) in [7, 11) is 0. The Balaban J connectivity index is 2.22. The third-order valence-corrected chi connectivity index (χ3v) is 3.86. The van der Waals surface area contributed by atoms with Crippen LogP contribution in [0.15, 0.2) is 24.3 Å². The van der Waals surface area contributed by atoms with Crippen molar-refractivity contribution in [2.75, 3.05) is 5.32 Å². The second-order valence-corrected chi connectivity index (χ2v) is 5.67. The Morgan fingerprint density at radius 2 is 1.95 bits per heavy atom. The zero-order valence-electron chi connectivity index (χ0n) is 12.8. The van der Waals surface area contributed by atoms with Crippen LogP contribution in [0.5, 0.6) is 0 Å². The number of carbonyl (C=O) groups excluding carboxylic acids is 1. The number of aryl methyl sites for hydroxylation is 2. The molecule has 0 saturated carbocycles. The summed E-state index contributed by atoms with van der Waals surface area (Å²) in [6, 6.07) is 7.84. The number of aromatic nitrogens is 2. The molecule has 0 atom stereocenters. The maximum atomic E-state index is 12.4. The monoisotopic (exact) mass is 305 g/mol. The van der Waals surface area contributed by atoms with E-state index in [1.807, 2.05) is 31.2 Å². The highest BCUT2D eigenvalue weighted by Crippen LogP contribution is 2.22. The molecule has 2 rings (SSSR count). The molecule has 0 aliphatic carbocycles. The molecular formula is C16H20ClN3O. The molecule has 0 radical (unpaired) electrons. The number of nitrogens with one attached hydrogen (secondary N) is 1. The molecule has 1 amide bonds. The first kappa shape index (κ1) is 15.6. The zero-order valence-corrected chi connectivity index (χ0v) is 13.5. The lowest BCUT2D eigenvalue weighted by Gasteiger charge is -2.09. The molecule has 0 aliphatic heterocycles. The van der Waals surface area contributed by atoms with Gasteiger partial charge in [-0.15, -0.1) is 0 Å². The minimum atomic E-state index is -0.236. The van der Waals surface area contributed by atoms with Crippen LogP contribution in [0.25, 0.3) is 0 Å². The fourth-order valence-corrected chi connectivity index (χ4v) is 2.37. The van der Waals surface area contributed by atoms with Crippen LogP contribution in [0.2, 0.25) is 5.02 Å². The van der Waals surface area contributed by atoms with E-state index in [2.05, 4.69) is 24.3 Å². The first-order valence-corrected chi connectivity index (χ1v) is 7.46. The fourth-order valence-electron chi connectivity index (χ4n) is 2.15. The lowest BCUT2D eigenvalue weighted by molar-refractivity contribution is 0.101. The van der Waals surface area contributed by atoms with E-state index >= 15 is 0 Å². The number of nitrogens with zero attached hydrogens (tertiary/aromatic N) is 2. The molecule has 0 bridgehead atoms. The van der Waals surface area contributed by atoms with Crippen molar-refractivity contribution in [2.45, 2.75) is 40.2 Å². The average molecular weight is 306 g/mol. The molecule has 1 heterocycles. The van der Waals surface area contributed by atoms with Gasteiger partial charge >= 0.3 is 0 Å². The lowest BCUT2D eigenvalue weighted by atomic mass is 10.0. The number of anilines is 1. The summed E-state index contributed by atoms with van der Waals surface area (Å²) >= 11 is 6.18. The van der Waals surface area contributed by atoms with Gasteiger partial charge in [0.15, 0.2) is 0 Å². The number of halogens is 1. The van der Waals surface area contributed by atoms with E-state index < -0.39 is 0 Å². The quantitative estimate of drug-likeness (QED) is 0.918. The minimum absolute atomic E-state index is 0.236. The molecule has 21 heavy (non-hydrogen) atoms. The predicted octanol–water partition coefficient (Wildman–Crippen LogP) is 4.24. The van der Waals surface area contributed by atoms with E-state index in [1.54, 1.807) is 11.6 Å². The summed E-state index contributed by atoms with van der Waals surface area (Å²) in [4.78, 5) is 12.4.